The van der Waals surface area contributed by atoms with E-state index in [1.54, 1.807) is 0 Å². The zero-order chi connectivity index (χ0) is 16.1. The zero-order valence-corrected chi connectivity index (χ0v) is 15.2. The van der Waals surface area contributed by atoms with E-state index in [9.17, 15) is 4.79 Å². The van der Waals surface area contributed by atoms with Gasteiger partial charge in [-0.25, -0.2) is 0 Å². The van der Waals surface area contributed by atoms with E-state index in [-0.39, 0.29) is 0 Å². The summed E-state index contributed by atoms with van der Waals surface area (Å²) in [5.74, 6) is 3.67. The zero-order valence-electron chi connectivity index (χ0n) is 15.2. The molecule has 6 atom stereocenters. The van der Waals surface area contributed by atoms with Crippen molar-refractivity contribution in [1.29, 1.82) is 0 Å². The average molecular weight is 315 g/mol. The third kappa shape index (κ3) is 2.29. The minimum Gasteiger partial charge on any atom is -0.303 e. The van der Waals surface area contributed by atoms with E-state index in [2.05, 4.69) is 19.9 Å². The summed E-state index contributed by atoms with van der Waals surface area (Å²) >= 11 is 0. The lowest BCUT2D eigenvalue weighted by Gasteiger charge is -2.58. The summed E-state index contributed by atoms with van der Waals surface area (Å²) in [5, 5.41) is 0. The third-order valence-electron chi connectivity index (χ3n) is 8.86. The molecule has 4 aliphatic carbocycles. The van der Waals surface area contributed by atoms with Crippen molar-refractivity contribution in [3.63, 3.8) is 0 Å². The lowest BCUT2D eigenvalue weighted by Crippen LogP contribution is -2.50. The van der Waals surface area contributed by atoms with E-state index in [0.717, 1.165) is 42.8 Å². The SMILES string of the molecule is C[C@]12CC[C@H]3[C@@H](CCC4=CCCC[C@@]43C)[C@@H]1CC[C@@H]2CCC=O. The van der Waals surface area contributed by atoms with E-state index < -0.39 is 0 Å². The predicted molar refractivity (Wildman–Crippen MR) is 95.1 cm³/mol. The number of carbonyl (C=O) groups is 1. The molecule has 128 valence electrons. The van der Waals surface area contributed by atoms with Crippen LogP contribution in [0.2, 0.25) is 0 Å². The highest BCUT2D eigenvalue weighted by molar-refractivity contribution is 5.49. The van der Waals surface area contributed by atoms with Crippen LogP contribution in [-0.2, 0) is 4.79 Å². The van der Waals surface area contributed by atoms with Crippen LogP contribution in [0.5, 0.6) is 0 Å². The summed E-state index contributed by atoms with van der Waals surface area (Å²) in [6, 6.07) is 0. The number of hydrogen-bond acceptors (Lipinski definition) is 1. The molecule has 0 heterocycles. The molecule has 4 aliphatic rings. The molecule has 0 unspecified atom stereocenters. The molecule has 4 rings (SSSR count). The van der Waals surface area contributed by atoms with E-state index >= 15 is 0 Å². The molecular formula is C22H34O. The molecule has 0 N–H and O–H groups in total. The van der Waals surface area contributed by atoms with Crippen LogP contribution in [0, 0.1) is 34.5 Å². The molecule has 23 heavy (non-hydrogen) atoms. The standard InChI is InChI=1S/C22H34O/c1-21-13-4-3-6-16(21)8-10-18-19-11-9-17(7-5-15-23)22(19,2)14-12-20(18)21/h6,15,17-20H,3-5,7-14H2,1-2H3/t17-,18-,19-,20-,21-,22+/m0/s1. The Labute approximate surface area is 142 Å². The van der Waals surface area contributed by atoms with Crippen LogP contribution in [0.4, 0.5) is 0 Å². The van der Waals surface area contributed by atoms with Gasteiger partial charge in [0.1, 0.15) is 6.29 Å². The molecule has 0 radical (unpaired) electrons. The van der Waals surface area contributed by atoms with Gasteiger partial charge in [-0.3, -0.25) is 0 Å². The van der Waals surface area contributed by atoms with Crippen molar-refractivity contribution in [2.24, 2.45) is 34.5 Å². The van der Waals surface area contributed by atoms with Crippen molar-refractivity contribution in [2.75, 3.05) is 0 Å². The second kappa shape index (κ2) is 5.74. The Morgan fingerprint density at radius 1 is 1.13 bits per heavy atom. The normalized spacial score (nSPS) is 48.9. The summed E-state index contributed by atoms with van der Waals surface area (Å²) in [5.41, 5.74) is 2.89. The predicted octanol–water partition coefficient (Wildman–Crippen LogP) is 5.93. The van der Waals surface area contributed by atoms with Crippen LogP contribution in [0.25, 0.3) is 0 Å². The minimum absolute atomic E-state index is 0.531. The molecule has 0 aromatic heterocycles. The van der Waals surface area contributed by atoms with Gasteiger partial charge in [-0.1, -0.05) is 25.5 Å². The lowest BCUT2D eigenvalue weighted by atomic mass is 9.47. The van der Waals surface area contributed by atoms with E-state index in [1.165, 1.54) is 57.8 Å². The van der Waals surface area contributed by atoms with Crippen LogP contribution in [-0.4, -0.2) is 6.29 Å². The van der Waals surface area contributed by atoms with Gasteiger partial charge in [0.25, 0.3) is 0 Å². The second-order valence-corrected chi connectivity index (χ2v) is 9.52. The van der Waals surface area contributed by atoms with E-state index in [0.29, 0.717) is 10.8 Å². The van der Waals surface area contributed by atoms with Gasteiger partial charge in [-0.05, 0) is 98.7 Å². The minimum atomic E-state index is 0.531. The Kier molecular flexibility index (Phi) is 3.97. The fourth-order valence-corrected chi connectivity index (χ4v) is 7.61. The van der Waals surface area contributed by atoms with Crippen LogP contribution >= 0.6 is 0 Å². The van der Waals surface area contributed by atoms with Crippen LogP contribution in [0.1, 0.15) is 84.5 Å². The quantitative estimate of drug-likeness (QED) is 0.466. The molecule has 0 bridgehead atoms. The van der Waals surface area contributed by atoms with Gasteiger partial charge in [-0.2, -0.15) is 0 Å². The number of hydrogen-bond donors (Lipinski definition) is 0. The highest BCUT2D eigenvalue weighted by Gasteiger charge is 2.58. The van der Waals surface area contributed by atoms with Crippen molar-refractivity contribution in [3.05, 3.63) is 11.6 Å². The van der Waals surface area contributed by atoms with Gasteiger partial charge in [0.15, 0.2) is 0 Å². The highest BCUT2D eigenvalue weighted by atomic mass is 16.1. The van der Waals surface area contributed by atoms with Crippen molar-refractivity contribution in [1.82, 2.24) is 0 Å². The topological polar surface area (TPSA) is 17.1 Å². The van der Waals surface area contributed by atoms with Gasteiger partial charge in [0, 0.05) is 6.42 Å². The number of aldehydes is 1. The van der Waals surface area contributed by atoms with Crippen molar-refractivity contribution in [3.8, 4) is 0 Å². The first-order valence-corrected chi connectivity index (χ1v) is 10.2. The van der Waals surface area contributed by atoms with Crippen molar-refractivity contribution in [2.45, 2.75) is 84.5 Å². The molecule has 3 saturated carbocycles. The molecular weight excluding hydrogens is 280 g/mol. The maximum atomic E-state index is 10.8. The van der Waals surface area contributed by atoms with Gasteiger partial charge < -0.3 is 4.79 Å². The Bertz CT molecular complexity index is 506. The average Bonchev–Trinajstić information content (AvgIpc) is 2.89. The molecule has 0 aromatic carbocycles. The Morgan fingerprint density at radius 3 is 2.83 bits per heavy atom. The third-order valence-corrected chi connectivity index (χ3v) is 8.86. The van der Waals surface area contributed by atoms with E-state index in [4.69, 9.17) is 0 Å². The fourth-order valence-electron chi connectivity index (χ4n) is 7.61. The Morgan fingerprint density at radius 2 is 2.00 bits per heavy atom. The lowest BCUT2D eigenvalue weighted by molar-refractivity contribution is -0.108. The van der Waals surface area contributed by atoms with Crippen molar-refractivity contribution >= 4 is 6.29 Å². The van der Waals surface area contributed by atoms with E-state index in [1.807, 2.05) is 5.57 Å². The maximum Gasteiger partial charge on any atom is 0.120 e. The van der Waals surface area contributed by atoms with Gasteiger partial charge in [0.05, 0.1) is 0 Å². The first-order chi connectivity index (χ1) is 11.1. The number of fused-ring (bicyclic) bond motifs is 5. The molecule has 1 heteroatoms. The Balaban J connectivity index is 1.59. The summed E-state index contributed by atoms with van der Waals surface area (Å²) in [6.45, 7) is 5.20. The molecule has 1 nitrogen and oxygen atoms in total. The number of rotatable bonds is 3. The largest absolute Gasteiger partial charge is 0.303 e. The molecule has 0 aliphatic heterocycles. The first kappa shape index (κ1) is 15.9. The van der Waals surface area contributed by atoms with Gasteiger partial charge in [-0.15, -0.1) is 0 Å². The van der Waals surface area contributed by atoms with Gasteiger partial charge >= 0.3 is 0 Å². The number of carbonyl (C=O) groups excluding carboxylic acids is 1. The molecule has 0 saturated heterocycles. The summed E-state index contributed by atoms with van der Waals surface area (Å²) in [4.78, 5) is 10.8. The summed E-state index contributed by atoms with van der Waals surface area (Å²) < 4.78 is 0. The molecule has 0 amide bonds. The molecule has 0 aromatic rings. The number of allylic oxidation sites excluding steroid dienone is 2. The van der Waals surface area contributed by atoms with Crippen LogP contribution in [0.15, 0.2) is 11.6 Å². The highest BCUT2D eigenvalue weighted by Crippen LogP contribution is 2.67. The molecule has 0 spiro atoms. The van der Waals surface area contributed by atoms with Crippen molar-refractivity contribution < 1.29 is 4.79 Å². The molecule has 3 fully saturated rings. The monoisotopic (exact) mass is 314 g/mol. The fraction of sp³-hybridized carbons (Fsp3) is 0.864. The van der Waals surface area contributed by atoms with Crippen LogP contribution < -0.4 is 0 Å². The first-order valence-electron chi connectivity index (χ1n) is 10.2. The second-order valence-electron chi connectivity index (χ2n) is 9.52. The smallest absolute Gasteiger partial charge is 0.120 e. The van der Waals surface area contributed by atoms with Gasteiger partial charge in [0.2, 0.25) is 0 Å². The maximum absolute atomic E-state index is 10.8. The Hall–Kier alpha value is -0.590. The summed E-state index contributed by atoms with van der Waals surface area (Å²) in [6.07, 6.45) is 18.4. The summed E-state index contributed by atoms with van der Waals surface area (Å²) in [7, 11) is 0. The van der Waals surface area contributed by atoms with Crippen LogP contribution in [0.3, 0.4) is 0 Å².